The monoisotopic (exact) mass is 522 g/mol. The van der Waals surface area contributed by atoms with E-state index in [9.17, 15) is 33.6 Å². The van der Waals surface area contributed by atoms with Gasteiger partial charge >= 0.3 is 23.5 Å². The number of H-pyrrole nitrogens is 1. The van der Waals surface area contributed by atoms with Gasteiger partial charge in [0.25, 0.3) is 5.65 Å². The zero-order chi connectivity index (χ0) is 24.1. The zero-order valence-corrected chi connectivity index (χ0v) is 18.6. The van der Waals surface area contributed by atoms with Gasteiger partial charge in [-0.2, -0.15) is 8.62 Å². The van der Waals surface area contributed by atoms with E-state index >= 15 is 0 Å². The molecule has 7 N–H and O–H groups in total. The second kappa shape index (κ2) is 8.81. The number of aliphatic hydroxyl groups excluding tert-OH is 2. The van der Waals surface area contributed by atoms with Gasteiger partial charge in [0.15, 0.2) is 6.33 Å². The van der Waals surface area contributed by atoms with Crippen molar-refractivity contribution in [1.29, 1.82) is 0 Å². The average Bonchev–Trinajstić information content (AvgIpc) is 3.09. The number of rotatable bonds is 8. The number of aromatic amines is 1. The minimum Gasteiger partial charge on any atom is -0.387 e. The first-order valence-electron chi connectivity index (χ1n) is 8.48. The van der Waals surface area contributed by atoms with Crippen LogP contribution in [0.5, 0.6) is 0 Å². The van der Waals surface area contributed by atoms with Crippen molar-refractivity contribution >= 4 is 34.6 Å². The van der Waals surface area contributed by atoms with Crippen LogP contribution in [0, 0.1) is 0 Å². The molecule has 0 aliphatic carbocycles. The number of aliphatic hydroxyl groups is 2. The van der Waals surface area contributed by atoms with Gasteiger partial charge < -0.3 is 34.5 Å². The Bertz CT molecular complexity index is 1200. The summed E-state index contributed by atoms with van der Waals surface area (Å²) in [5.41, 5.74) is 0.136. The molecule has 0 bridgehead atoms. The number of phosphoric acid groups is 3. The van der Waals surface area contributed by atoms with Gasteiger partial charge in [-0.15, -0.1) is 0 Å². The van der Waals surface area contributed by atoms with Crippen LogP contribution in [0.1, 0.15) is 6.23 Å². The quantitative estimate of drug-likeness (QED) is 0.148. The number of hydrogen-bond acceptors (Lipinski definition) is 10. The largest absolute Gasteiger partial charge is 0.490 e. The first-order valence-corrected chi connectivity index (χ1v) is 13.0. The first kappa shape index (κ1) is 25.3. The fourth-order valence-electron chi connectivity index (χ4n) is 3.06. The molecule has 20 heteroatoms. The summed E-state index contributed by atoms with van der Waals surface area (Å²) in [4.78, 5) is 50.5. The van der Waals surface area contributed by atoms with E-state index in [4.69, 9.17) is 19.4 Å². The van der Waals surface area contributed by atoms with E-state index in [-0.39, 0.29) is 16.6 Å². The van der Waals surface area contributed by atoms with Crippen molar-refractivity contribution < 1.29 is 65.9 Å². The maximum Gasteiger partial charge on any atom is 0.490 e. The zero-order valence-electron chi connectivity index (χ0n) is 15.9. The summed E-state index contributed by atoms with van der Waals surface area (Å²) >= 11 is 0. The van der Waals surface area contributed by atoms with Gasteiger partial charge in [0.2, 0.25) is 17.2 Å². The third kappa shape index (κ3) is 5.61. The lowest BCUT2D eigenvalue weighted by Gasteiger charge is -2.18. The van der Waals surface area contributed by atoms with E-state index in [1.807, 2.05) is 0 Å². The van der Waals surface area contributed by atoms with Crippen LogP contribution in [0.2, 0.25) is 0 Å². The predicted octanol–water partition coefficient (Wildman–Crippen LogP) is -1.88. The van der Waals surface area contributed by atoms with Gasteiger partial charge in [-0.25, -0.2) is 18.3 Å². The Morgan fingerprint density at radius 1 is 1.12 bits per heavy atom. The molecular weight excluding hydrogens is 503 g/mol. The normalized spacial score (nSPS) is 28.0. The third-order valence-corrected chi connectivity index (χ3v) is 8.05. The number of aryl methyl sites for hydroxylation is 1. The number of pyridine rings is 1. The Labute approximate surface area is 177 Å². The highest BCUT2D eigenvalue weighted by atomic mass is 31.3. The summed E-state index contributed by atoms with van der Waals surface area (Å²) in [5, 5.41) is 20.6. The Hall–Kier alpha value is -1.29. The van der Waals surface area contributed by atoms with Crippen molar-refractivity contribution in [3.8, 4) is 0 Å². The molecule has 0 saturated carbocycles. The molecule has 6 unspecified atom stereocenters. The maximum atomic E-state index is 12.0. The predicted molar refractivity (Wildman–Crippen MR) is 99.5 cm³/mol. The lowest BCUT2D eigenvalue weighted by Crippen LogP contribution is -2.46. The summed E-state index contributed by atoms with van der Waals surface area (Å²) in [6.45, 7) is -0.958. The molecule has 0 amide bonds. The SMILES string of the molecule is Cn1c[n+](C2OC(COP(=O)(O)OP(=O)(O)OP(=O)(O)O)C(O)C2O)c2[nH]ccc(=O)c21. The number of ether oxygens (including phenoxy) is 1. The molecule has 1 saturated heterocycles. The van der Waals surface area contributed by atoms with Crippen molar-refractivity contribution in [3.05, 3.63) is 28.8 Å². The topological polar surface area (TPSA) is 251 Å². The Morgan fingerprint density at radius 2 is 1.78 bits per heavy atom. The number of aromatic nitrogens is 3. The fourth-order valence-corrected chi connectivity index (χ4v) is 6.09. The van der Waals surface area contributed by atoms with Gasteiger partial charge in [0.1, 0.15) is 18.3 Å². The van der Waals surface area contributed by atoms with E-state index < -0.39 is 54.6 Å². The second-order valence-electron chi connectivity index (χ2n) is 6.61. The molecule has 1 aliphatic rings. The number of nitrogens with one attached hydrogen (secondary N) is 1. The molecule has 3 rings (SSSR count). The van der Waals surface area contributed by atoms with Crippen molar-refractivity contribution in [3.63, 3.8) is 0 Å². The van der Waals surface area contributed by atoms with Crippen LogP contribution < -0.4 is 10.00 Å². The molecular formula is C12H19N3O14P3+. The minimum absolute atomic E-state index is 0.231. The van der Waals surface area contributed by atoms with Crippen LogP contribution in [0.15, 0.2) is 23.4 Å². The van der Waals surface area contributed by atoms with Crippen LogP contribution in [0.4, 0.5) is 0 Å². The Balaban J connectivity index is 1.73. The van der Waals surface area contributed by atoms with E-state index in [1.165, 1.54) is 27.7 Å². The number of phosphoric ester groups is 1. The van der Waals surface area contributed by atoms with Gasteiger partial charge in [-0.05, 0) is 0 Å². The summed E-state index contributed by atoms with van der Waals surface area (Å²) in [6.07, 6.45) is -3.26. The molecule has 6 atom stereocenters. The molecule has 0 spiro atoms. The third-order valence-electron chi connectivity index (χ3n) is 4.25. The molecule has 0 radical (unpaired) electrons. The van der Waals surface area contributed by atoms with E-state index in [1.54, 1.807) is 7.05 Å². The fraction of sp³-hybridized carbons (Fsp3) is 0.500. The molecule has 180 valence electrons. The van der Waals surface area contributed by atoms with E-state index in [2.05, 4.69) is 18.1 Å². The molecule has 0 aromatic carbocycles. The minimum atomic E-state index is -5.71. The average molecular weight is 522 g/mol. The highest BCUT2D eigenvalue weighted by Gasteiger charge is 2.48. The summed E-state index contributed by atoms with van der Waals surface area (Å²) in [6, 6.07) is 1.28. The van der Waals surface area contributed by atoms with Gasteiger partial charge in [0, 0.05) is 6.07 Å². The first-order chi connectivity index (χ1) is 14.6. The van der Waals surface area contributed by atoms with Gasteiger partial charge in [0.05, 0.1) is 19.9 Å². The second-order valence-corrected chi connectivity index (χ2v) is 11.0. The van der Waals surface area contributed by atoms with Gasteiger partial charge in [-0.1, -0.05) is 0 Å². The highest BCUT2D eigenvalue weighted by Crippen LogP contribution is 2.66. The van der Waals surface area contributed by atoms with Crippen molar-refractivity contribution in [2.24, 2.45) is 7.05 Å². The number of hydrogen-bond donors (Lipinski definition) is 7. The lowest BCUT2D eigenvalue weighted by atomic mass is 10.1. The number of fused-ring (bicyclic) bond motifs is 1. The van der Waals surface area contributed by atoms with Crippen LogP contribution >= 0.6 is 23.5 Å². The number of nitrogens with zero attached hydrogens (tertiary/aromatic N) is 2. The Morgan fingerprint density at radius 3 is 2.41 bits per heavy atom. The Kier molecular flexibility index (Phi) is 6.98. The molecule has 2 aromatic heterocycles. The van der Waals surface area contributed by atoms with Crippen molar-refractivity contribution in [2.75, 3.05) is 6.61 Å². The molecule has 1 aliphatic heterocycles. The maximum absolute atomic E-state index is 12.0. The van der Waals surface area contributed by atoms with Crippen LogP contribution in [-0.4, -0.2) is 64.3 Å². The number of imidazole rings is 1. The van der Waals surface area contributed by atoms with Crippen molar-refractivity contribution in [1.82, 2.24) is 9.55 Å². The summed E-state index contributed by atoms with van der Waals surface area (Å²) in [7, 11) is -15.1. The molecule has 2 aromatic rings. The van der Waals surface area contributed by atoms with Crippen LogP contribution in [0.25, 0.3) is 11.2 Å². The van der Waals surface area contributed by atoms with Crippen LogP contribution in [-0.2, 0) is 38.6 Å². The van der Waals surface area contributed by atoms with E-state index in [0.29, 0.717) is 0 Å². The molecule has 17 nitrogen and oxygen atoms in total. The standard InChI is InChI=1S/C12H18N3O14P3/c1-14-5-15(11-8(14)6(16)2-3-13-11)12-10(18)9(17)7(27-12)4-26-31(22,23)29-32(24,25)28-30(19,20)21/h2-3,5,7,9-10,12,17-18H,4H2,1H3,(H4-,13,16,19,20,21,22,23,24,25)/p+1. The summed E-state index contributed by atoms with van der Waals surface area (Å²) in [5.74, 6) is 0. The molecule has 1 fully saturated rings. The molecule has 32 heavy (non-hydrogen) atoms. The lowest BCUT2D eigenvalue weighted by molar-refractivity contribution is -0.745. The highest BCUT2D eigenvalue weighted by molar-refractivity contribution is 7.66. The van der Waals surface area contributed by atoms with Crippen LogP contribution in [0.3, 0.4) is 0 Å². The summed E-state index contributed by atoms with van der Waals surface area (Å²) < 4.78 is 53.6. The smallest absolute Gasteiger partial charge is 0.387 e. The molecule has 3 heterocycles. The van der Waals surface area contributed by atoms with Gasteiger partial charge in [-0.3, -0.25) is 18.9 Å². The van der Waals surface area contributed by atoms with Crippen molar-refractivity contribution in [2.45, 2.75) is 24.5 Å². The van der Waals surface area contributed by atoms with E-state index in [0.717, 1.165) is 0 Å².